The predicted octanol–water partition coefficient (Wildman–Crippen LogP) is 5.39. The molecule has 0 fully saturated rings. The average Bonchev–Trinajstić information content (AvgIpc) is 3.05. The highest BCUT2D eigenvalue weighted by atomic mass is 32.1. The van der Waals surface area contributed by atoms with Crippen LogP contribution in [0.15, 0.2) is 84.9 Å². The van der Waals surface area contributed by atoms with Gasteiger partial charge in [-0.15, -0.1) is 0 Å². The molecule has 0 saturated carbocycles. The summed E-state index contributed by atoms with van der Waals surface area (Å²) in [4.78, 5) is 0. The van der Waals surface area contributed by atoms with Crippen LogP contribution in [-0.2, 0) is 0 Å². The largest absolute Gasteiger partial charge is 0.457 e. The number of nitrogens with zero attached hydrogens (tertiary/aromatic N) is 2. The van der Waals surface area contributed by atoms with Gasteiger partial charge in [0.15, 0.2) is 10.6 Å². The number of nitrogens with one attached hydrogen (secondary N) is 1. The highest BCUT2D eigenvalue weighted by Crippen LogP contribution is 2.25. The SMILES string of the molecule is S=c1[nH]nc(-c2ccccc2)n1-c1ccc(Oc2ccccc2)cc1. The molecule has 25 heavy (non-hydrogen) atoms. The monoisotopic (exact) mass is 345 g/mol. The maximum atomic E-state index is 5.84. The summed E-state index contributed by atoms with van der Waals surface area (Å²) < 4.78 is 8.30. The Hall–Kier alpha value is -3.18. The van der Waals surface area contributed by atoms with Crippen LogP contribution in [0, 0.1) is 4.77 Å². The van der Waals surface area contributed by atoms with Gasteiger partial charge in [-0.2, -0.15) is 5.10 Å². The molecule has 122 valence electrons. The molecule has 3 aromatic carbocycles. The van der Waals surface area contributed by atoms with E-state index in [0.29, 0.717) is 4.77 Å². The normalized spacial score (nSPS) is 10.6. The Morgan fingerprint density at radius 2 is 1.36 bits per heavy atom. The summed E-state index contributed by atoms with van der Waals surface area (Å²) in [5.41, 5.74) is 1.93. The van der Waals surface area contributed by atoms with E-state index in [-0.39, 0.29) is 0 Å². The second-order valence-electron chi connectivity index (χ2n) is 5.46. The van der Waals surface area contributed by atoms with Crippen LogP contribution >= 0.6 is 12.2 Å². The highest BCUT2D eigenvalue weighted by molar-refractivity contribution is 7.71. The number of benzene rings is 3. The van der Waals surface area contributed by atoms with Gasteiger partial charge in [0.05, 0.1) is 5.69 Å². The third kappa shape index (κ3) is 3.22. The van der Waals surface area contributed by atoms with Crippen molar-refractivity contribution in [2.75, 3.05) is 0 Å². The number of rotatable bonds is 4. The van der Waals surface area contributed by atoms with Gasteiger partial charge in [0, 0.05) is 5.56 Å². The van der Waals surface area contributed by atoms with E-state index in [1.165, 1.54) is 0 Å². The molecule has 1 aromatic heterocycles. The fourth-order valence-electron chi connectivity index (χ4n) is 2.61. The molecule has 0 bridgehead atoms. The number of hydrogen-bond acceptors (Lipinski definition) is 3. The van der Waals surface area contributed by atoms with Crippen molar-refractivity contribution >= 4 is 12.2 Å². The molecule has 4 aromatic rings. The van der Waals surface area contributed by atoms with Gasteiger partial charge < -0.3 is 4.74 Å². The van der Waals surface area contributed by atoms with Crippen molar-refractivity contribution in [1.82, 2.24) is 14.8 Å². The van der Waals surface area contributed by atoms with Crippen LogP contribution in [0.1, 0.15) is 0 Å². The fourth-order valence-corrected chi connectivity index (χ4v) is 2.84. The van der Waals surface area contributed by atoms with Crippen molar-refractivity contribution in [2.45, 2.75) is 0 Å². The molecule has 0 saturated heterocycles. The first-order valence-electron chi connectivity index (χ1n) is 7.87. The molecule has 1 heterocycles. The number of aromatic amines is 1. The number of ether oxygens (including phenoxy) is 1. The van der Waals surface area contributed by atoms with Crippen molar-refractivity contribution in [3.05, 3.63) is 89.7 Å². The van der Waals surface area contributed by atoms with Crippen LogP contribution in [0.25, 0.3) is 17.1 Å². The molecule has 5 heteroatoms. The minimum Gasteiger partial charge on any atom is -0.457 e. The Labute approximate surface area is 150 Å². The molecule has 0 aliphatic heterocycles. The van der Waals surface area contributed by atoms with Gasteiger partial charge in [-0.1, -0.05) is 48.5 Å². The van der Waals surface area contributed by atoms with Crippen LogP contribution in [0.2, 0.25) is 0 Å². The van der Waals surface area contributed by atoms with Crippen molar-refractivity contribution in [1.29, 1.82) is 0 Å². The molecule has 0 radical (unpaired) electrons. The van der Waals surface area contributed by atoms with Gasteiger partial charge in [-0.05, 0) is 48.6 Å². The van der Waals surface area contributed by atoms with Crippen molar-refractivity contribution in [3.63, 3.8) is 0 Å². The van der Waals surface area contributed by atoms with Gasteiger partial charge in [0.2, 0.25) is 0 Å². The minimum atomic E-state index is 0.551. The standard InChI is InChI=1S/C20H15N3OS/c25-20-22-21-19(15-7-3-1-4-8-15)23(20)16-11-13-18(14-12-16)24-17-9-5-2-6-10-17/h1-14H,(H,22,25). The lowest BCUT2D eigenvalue weighted by Gasteiger charge is -2.09. The highest BCUT2D eigenvalue weighted by Gasteiger charge is 2.10. The molecule has 0 unspecified atom stereocenters. The van der Waals surface area contributed by atoms with E-state index >= 15 is 0 Å². The van der Waals surface area contributed by atoms with Crippen LogP contribution in [0.5, 0.6) is 11.5 Å². The Kier molecular flexibility index (Phi) is 4.14. The lowest BCUT2D eigenvalue weighted by Crippen LogP contribution is -1.97. The van der Waals surface area contributed by atoms with Gasteiger partial charge in [-0.25, -0.2) is 0 Å². The third-order valence-electron chi connectivity index (χ3n) is 3.78. The first kappa shape index (κ1) is 15.4. The maximum absolute atomic E-state index is 5.84. The molecular formula is C20H15N3OS. The summed E-state index contributed by atoms with van der Waals surface area (Å²) in [6.07, 6.45) is 0. The molecule has 0 spiro atoms. The van der Waals surface area contributed by atoms with E-state index < -0.39 is 0 Å². The van der Waals surface area contributed by atoms with E-state index in [4.69, 9.17) is 17.0 Å². The summed E-state index contributed by atoms with van der Waals surface area (Å²) in [6.45, 7) is 0. The Bertz CT molecular complexity index is 1020. The van der Waals surface area contributed by atoms with E-state index in [2.05, 4.69) is 10.2 Å². The molecule has 4 nitrogen and oxygen atoms in total. The summed E-state index contributed by atoms with van der Waals surface area (Å²) in [7, 11) is 0. The molecule has 4 rings (SSSR count). The number of para-hydroxylation sites is 1. The number of hydrogen-bond donors (Lipinski definition) is 1. The summed E-state index contributed by atoms with van der Waals surface area (Å²) in [5.74, 6) is 2.36. The van der Waals surface area contributed by atoms with Crippen LogP contribution in [-0.4, -0.2) is 14.8 Å². The van der Waals surface area contributed by atoms with Crippen molar-refractivity contribution in [3.8, 4) is 28.6 Å². The molecule has 1 N–H and O–H groups in total. The zero-order valence-electron chi connectivity index (χ0n) is 13.3. The predicted molar refractivity (Wildman–Crippen MR) is 101 cm³/mol. The number of H-pyrrole nitrogens is 1. The lowest BCUT2D eigenvalue weighted by atomic mass is 10.2. The van der Waals surface area contributed by atoms with Gasteiger partial charge in [-0.3, -0.25) is 9.67 Å². The fraction of sp³-hybridized carbons (Fsp3) is 0. The summed E-state index contributed by atoms with van der Waals surface area (Å²) in [6, 6.07) is 27.4. The molecule has 0 amide bonds. The van der Waals surface area contributed by atoms with Crippen LogP contribution in [0.3, 0.4) is 0 Å². The van der Waals surface area contributed by atoms with Crippen LogP contribution < -0.4 is 4.74 Å². The zero-order valence-corrected chi connectivity index (χ0v) is 14.1. The second kappa shape index (κ2) is 6.75. The van der Waals surface area contributed by atoms with Gasteiger partial charge in [0.1, 0.15) is 11.5 Å². The number of aromatic nitrogens is 3. The quantitative estimate of drug-likeness (QED) is 0.504. The van der Waals surface area contributed by atoms with Crippen molar-refractivity contribution < 1.29 is 4.74 Å². The van der Waals surface area contributed by atoms with E-state index in [1.807, 2.05) is 89.5 Å². The van der Waals surface area contributed by atoms with E-state index in [9.17, 15) is 0 Å². The Morgan fingerprint density at radius 1 is 0.760 bits per heavy atom. The van der Waals surface area contributed by atoms with Gasteiger partial charge >= 0.3 is 0 Å². The summed E-state index contributed by atoms with van der Waals surface area (Å²) in [5, 5.41) is 7.24. The molecule has 0 aliphatic carbocycles. The first-order chi connectivity index (χ1) is 12.3. The second-order valence-corrected chi connectivity index (χ2v) is 5.85. The average molecular weight is 345 g/mol. The topological polar surface area (TPSA) is 42.8 Å². The zero-order chi connectivity index (χ0) is 17.1. The molecular weight excluding hydrogens is 330 g/mol. The smallest absolute Gasteiger partial charge is 0.200 e. The van der Waals surface area contributed by atoms with Crippen LogP contribution in [0.4, 0.5) is 0 Å². The van der Waals surface area contributed by atoms with E-state index in [0.717, 1.165) is 28.6 Å². The Balaban J connectivity index is 1.67. The maximum Gasteiger partial charge on any atom is 0.200 e. The first-order valence-corrected chi connectivity index (χ1v) is 8.28. The minimum absolute atomic E-state index is 0.551. The third-order valence-corrected chi connectivity index (χ3v) is 4.05. The van der Waals surface area contributed by atoms with Crippen molar-refractivity contribution in [2.24, 2.45) is 0 Å². The van der Waals surface area contributed by atoms with Gasteiger partial charge in [0.25, 0.3) is 0 Å². The molecule has 0 atom stereocenters. The lowest BCUT2D eigenvalue weighted by molar-refractivity contribution is 0.482. The van der Waals surface area contributed by atoms with E-state index in [1.54, 1.807) is 0 Å². The molecule has 0 aliphatic rings. The summed E-state index contributed by atoms with van der Waals surface area (Å²) >= 11 is 5.41. The Morgan fingerprint density at radius 3 is 2.04 bits per heavy atom.